The smallest absolute Gasteiger partial charge is 0.335 e. The van der Waals surface area contributed by atoms with Gasteiger partial charge in [-0.2, -0.15) is 0 Å². The molecule has 24 heavy (non-hydrogen) atoms. The number of rotatable bonds is 6. The highest BCUT2D eigenvalue weighted by Gasteiger charge is 2.33. The molecule has 0 spiro atoms. The van der Waals surface area contributed by atoms with E-state index in [9.17, 15) is 14.9 Å². The van der Waals surface area contributed by atoms with Crippen molar-refractivity contribution in [3.63, 3.8) is 0 Å². The third-order valence-corrected chi connectivity index (χ3v) is 3.96. The van der Waals surface area contributed by atoms with Crippen molar-refractivity contribution in [2.75, 3.05) is 0 Å². The Bertz CT molecular complexity index is 616. The molecule has 1 aromatic rings. The van der Waals surface area contributed by atoms with Crippen molar-refractivity contribution >= 4 is 11.7 Å². The molecule has 1 aromatic carbocycles. The molecule has 132 valence electrons. The molecule has 1 aliphatic rings. The first-order valence-electron chi connectivity index (χ1n) is 8.02. The molecule has 1 N–H and O–H groups in total. The van der Waals surface area contributed by atoms with Gasteiger partial charge in [0.15, 0.2) is 0 Å². The SMILES string of the molecule is CC(C)(C)C(Oc1cc(C(=O)O)ccc1[N+](=O)[O-])OC1CCCC1. The number of nitro groups is 1. The molecule has 1 fully saturated rings. The Balaban J connectivity index is 2.30. The van der Waals surface area contributed by atoms with Crippen molar-refractivity contribution in [2.45, 2.75) is 58.8 Å². The topological polar surface area (TPSA) is 98.9 Å². The predicted octanol–water partition coefficient (Wildman–Crippen LogP) is 4.00. The number of carboxylic acid groups (broad SMARTS) is 1. The first-order chi connectivity index (χ1) is 11.2. The number of hydrogen-bond donors (Lipinski definition) is 1. The monoisotopic (exact) mass is 337 g/mol. The van der Waals surface area contributed by atoms with Crippen LogP contribution in [0.2, 0.25) is 0 Å². The summed E-state index contributed by atoms with van der Waals surface area (Å²) < 4.78 is 11.8. The summed E-state index contributed by atoms with van der Waals surface area (Å²) in [7, 11) is 0. The minimum Gasteiger partial charge on any atom is -0.478 e. The maximum Gasteiger partial charge on any atom is 0.335 e. The summed E-state index contributed by atoms with van der Waals surface area (Å²) in [5.74, 6) is -1.25. The molecule has 0 heterocycles. The number of benzene rings is 1. The van der Waals surface area contributed by atoms with E-state index < -0.39 is 22.6 Å². The fraction of sp³-hybridized carbons (Fsp3) is 0.588. The van der Waals surface area contributed by atoms with Crippen LogP contribution >= 0.6 is 0 Å². The van der Waals surface area contributed by atoms with Gasteiger partial charge in [-0.3, -0.25) is 10.1 Å². The lowest BCUT2D eigenvalue weighted by atomic mass is 9.95. The maximum absolute atomic E-state index is 11.2. The average molecular weight is 337 g/mol. The van der Waals surface area contributed by atoms with E-state index in [1.165, 1.54) is 12.1 Å². The van der Waals surface area contributed by atoms with E-state index in [0.29, 0.717) is 0 Å². The summed E-state index contributed by atoms with van der Waals surface area (Å²) in [5, 5.41) is 20.3. The van der Waals surface area contributed by atoms with E-state index in [1.807, 2.05) is 20.8 Å². The van der Waals surface area contributed by atoms with Gasteiger partial charge in [0.05, 0.1) is 16.6 Å². The Hall–Kier alpha value is -2.15. The van der Waals surface area contributed by atoms with Crippen LogP contribution in [-0.2, 0) is 4.74 Å². The second kappa shape index (κ2) is 7.17. The standard InChI is InChI=1S/C17H23NO6/c1-17(2,3)16(23-12-6-4-5-7-12)24-14-10-11(15(19)20)8-9-13(14)18(21)22/h8-10,12,16H,4-7H2,1-3H3,(H,19,20). The fourth-order valence-electron chi connectivity index (χ4n) is 2.62. The number of nitro benzene ring substituents is 1. The number of carbonyl (C=O) groups is 1. The zero-order chi connectivity index (χ0) is 17.9. The van der Waals surface area contributed by atoms with Crippen LogP contribution in [0.1, 0.15) is 56.8 Å². The Morgan fingerprint density at radius 1 is 1.33 bits per heavy atom. The normalized spacial score (nSPS) is 16.8. The quantitative estimate of drug-likeness (QED) is 0.478. The first kappa shape index (κ1) is 18.2. The number of hydrogen-bond acceptors (Lipinski definition) is 5. The molecule has 2 rings (SSSR count). The highest BCUT2D eigenvalue weighted by molar-refractivity contribution is 5.88. The van der Waals surface area contributed by atoms with Crippen molar-refractivity contribution in [2.24, 2.45) is 5.41 Å². The highest BCUT2D eigenvalue weighted by Crippen LogP contribution is 2.35. The van der Waals surface area contributed by atoms with Crippen molar-refractivity contribution in [3.8, 4) is 5.75 Å². The van der Waals surface area contributed by atoms with Crippen LogP contribution in [0.15, 0.2) is 18.2 Å². The van der Waals surface area contributed by atoms with Crippen molar-refractivity contribution in [1.82, 2.24) is 0 Å². The van der Waals surface area contributed by atoms with Crippen LogP contribution in [-0.4, -0.2) is 28.4 Å². The molecule has 1 saturated carbocycles. The summed E-state index contributed by atoms with van der Waals surface area (Å²) in [5.41, 5.74) is -0.760. The number of nitrogens with zero attached hydrogens (tertiary/aromatic N) is 1. The molecule has 0 bridgehead atoms. The van der Waals surface area contributed by atoms with Gasteiger partial charge in [0.1, 0.15) is 0 Å². The van der Waals surface area contributed by atoms with Crippen LogP contribution in [0.3, 0.4) is 0 Å². The summed E-state index contributed by atoms with van der Waals surface area (Å²) in [6.45, 7) is 5.75. The average Bonchev–Trinajstić information content (AvgIpc) is 2.98. The fourth-order valence-corrected chi connectivity index (χ4v) is 2.62. The predicted molar refractivity (Wildman–Crippen MR) is 87.3 cm³/mol. The van der Waals surface area contributed by atoms with Gasteiger partial charge < -0.3 is 14.6 Å². The van der Waals surface area contributed by atoms with Crippen molar-refractivity contribution in [1.29, 1.82) is 0 Å². The number of carboxylic acids is 1. The van der Waals surface area contributed by atoms with Crippen LogP contribution < -0.4 is 4.74 Å². The first-order valence-corrected chi connectivity index (χ1v) is 8.02. The van der Waals surface area contributed by atoms with Crippen molar-refractivity contribution in [3.05, 3.63) is 33.9 Å². The second-order valence-electron chi connectivity index (χ2n) is 7.10. The Kier molecular flexibility index (Phi) is 5.43. The molecule has 0 aliphatic heterocycles. The summed E-state index contributed by atoms with van der Waals surface area (Å²) in [6, 6.07) is 3.52. The van der Waals surface area contributed by atoms with E-state index in [4.69, 9.17) is 14.6 Å². The summed E-state index contributed by atoms with van der Waals surface area (Å²) in [4.78, 5) is 21.8. The Morgan fingerprint density at radius 3 is 2.46 bits per heavy atom. The van der Waals surface area contributed by atoms with Crippen LogP contribution in [0, 0.1) is 15.5 Å². The molecule has 7 heteroatoms. The van der Waals surface area contributed by atoms with Crippen LogP contribution in [0.5, 0.6) is 5.75 Å². The lowest BCUT2D eigenvalue weighted by molar-refractivity contribution is -0.386. The van der Waals surface area contributed by atoms with Crippen molar-refractivity contribution < 1.29 is 24.3 Å². The minimum absolute atomic E-state index is 0.0656. The van der Waals surface area contributed by atoms with Gasteiger partial charge in [-0.05, 0) is 18.9 Å². The number of aromatic carboxylic acids is 1. The largest absolute Gasteiger partial charge is 0.478 e. The van der Waals surface area contributed by atoms with Gasteiger partial charge >= 0.3 is 11.7 Å². The van der Waals surface area contributed by atoms with Gasteiger partial charge in [0, 0.05) is 17.5 Å². The van der Waals surface area contributed by atoms with Crippen LogP contribution in [0.4, 0.5) is 5.69 Å². The molecular formula is C17H23NO6. The zero-order valence-electron chi connectivity index (χ0n) is 14.2. The third-order valence-electron chi connectivity index (χ3n) is 3.96. The van der Waals surface area contributed by atoms with Crippen LogP contribution in [0.25, 0.3) is 0 Å². The molecule has 1 aliphatic carbocycles. The lowest BCUT2D eigenvalue weighted by Crippen LogP contribution is -2.37. The van der Waals surface area contributed by atoms with Gasteiger partial charge in [-0.25, -0.2) is 4.79 Å². The molecule has 1 unspecified atom stereocenters. The summed E-state index contributed by atoms with van der Waals surface area (Å²) in [6.07, 6.45) is 3.42. The van der Waals surface area contributed by atoms with Gasteiger partial charge in [0.2, 0.25) is 12.0 Å². The minimum atomic E-state index is -1.17. The molecule has 0 amide bonds. The van der Waals surface area contributed by atoms with E-state index in [0.717, 1.165) is 31.7 Å². The zero-order valence-corrected chi connectivity index (χ0v) is 14.2. The molecule has 0 saturated heterocycles. The molecule has 7 nitrogen and oxygen atoms in total. The van der Waals surface area contributed by atoms with Gasteiger partial charge in [0.25, 0.3) is 0 Å². The maximum atomic E-state index is 11.2. The Labute approximate surface area is 140 Å². The highest BCUT2D eigenvalue weighted by atomic mass is 16.7. The van der Waals surface area contributed by atoms with E-state index in [-0.39, 0.29) is 23.1 Å². The van der Waals surface area contributed by atoms with E-state index in [1.54, 1.807) is 0 Å². The Morgan fingerprint density at radius 2 is 1.96 bits per heavy atom. The van der Waals surface area contributed by atoms with Gasteiger partial charge in [-0.15, -0.1) is 0 Å². The third kappa shape index (κ3) is 4.44. The van der Waals surface area contributed by atoms with E-state index >= 15 is 0 Å². The summed E-state index contributed by atoms with van der Waals surface area (Å²) >= 11 is 0. The molecular weight excluding hydrogens is 314 g/mol. The molecule has 0 aromatic heterocycles. The molecule has 1 atom stereocenters. The van der Waals surface area contributed by atoms with Gasteiger partial charge in [-0.1, -0.05) is 33.6 Å². The molecule has 0 radical (unpaired) electrons. The van der Waals surface area contributed by atoms with E-state index in [2.05, 4.69) is 0 Å². The number of ether oxygens (including phenoxy) is 2. The lowest BCUT2D eigenvalue weighted by Gasteiger charge is -2.32. The second-order valence-corrected chi connectivity index (χ2v) is 7.10.